The molecule has 2 amide bonds. The van der Waals surface area contributed by atoms with Crippen LogP contribution in [-0.2, 0) is 16.0 Å². The van der Waals surface area contributed by atoms with Crippen molar-refractivity contribution in [1.82, 2.24) is 10.2 Å². The summed E-state index contributed by atoms with van der Waals surface area (Å²) in [5, 5.41) is 50.4. The molecule has 1 aromatic carbocycles. The molecule has 3 aliphatic rings. The van der Waals surface area contributed by atoms with E-state index in [1.807, 2.05) is 20.8 Å². The highest BCUT2D eigenvalue weighted by Gasteiger charge is 2.60. The first-order valence-corrected chi connectivity index (χ1v) is 12.8. The molecule has 216 valence electrons. The van der Waals surface area contributed by atoms with Crippen LogP contribution < -0.4 is 16.4 Å². The molecule has 11 nitrogen and oxygen atoms in total. The fourth-order valence-electron chi connectivity index (χ4n) is 6.13. The molecule has 4 atom stereocenters. The molecule has 0 aliphatic heterocycles. The third-order valence-corrected chi connectivity index (χ3v) is 7.91. The first-order chi connectivity index (χ1) is 18.4. The van der Waals surface area contributed by atoms with Crippen LogP contribution in [0.25, 0.3) is 0 Å². The second-order valence-corrected chi connectivity index (χ2v) is 11.9. The van der Waals surface area contributed by atoms with Crippen LogP contribution in [0.2, 0.25) is 0 Å². The summed E-state index contributed by atoms with van der Waals surface area (Å²) in [6.45, 7) is 9.16. The van der Waals surface area contributed by atoms with Crippen LogP contribution in [-0.4, -0.2) is 80.7 Å². The van der Waals surface area contributed by atoms with Crippen LogP contribution in [0.3, 0.4) is 0 Å². The van der Waals surface area contributed by atoms with Crippen molar-refractivity contribution < 1.29 is 39.2 Å². The molecule has 1 aromatic rings. The molecule has 0 bridgehead atoms. The van der Waals surface area contributed by atoms with E-state index in [4.69, 9.17) is 5.73 Å². The highest BCUT2D eigenvalue weighted by molar-refractivity contribution is 6.15. The number of anilines is 1. The Hall–Kier alpha value is -3.74. The maximum Gasteiger partial charge on any atom is 0.252 e. The van der Waals surface area contributed by atoms with Crippen molar-refractivity contribution in [2.24, 2.45) is 17.6 Å². The van der Waals surface area contributed by atoms with E-state index in [2.05, 4.69) is 17.2 Å². The summed E-state index contributed by atoms with van der Waals surface area (Å²) in [7, 11) is 3.19. The van der Waals surface area contributed by atoms with Gasteiger partial charge in [0.05, 0.1) is 29.4 Å². The fourth-order valence-corrected chi connectivity index (χ4v) is 6.13. The number of ketones is 1. The third kappa shape index (κ3) is 4.45. The molecule has 0 fully saturated rings. The Morgan fingerprint density at radius 2 is 1.88 bits per heavy atom. The molecule has 8 N–H and O–H groups in total. The van der Waals surface area contributed by atoms with E-state index in [-0.39, 0.29) is 47.3 Å². The van der Waals surface area contributed by atoms with E-state index in [1.165, 1.54) is 4.90 Å². The fraction of sp³-hybridized carbons (Fsp3) is 0.464. The van der Waals surface area contributed by atoms with Gasteiger partial charge in [-0.3, -0.25) is 19.3 Å². The van der Waals surface area contributed by atoms with E-state index in [0.717, 1.165) is 0 Å². The number of hydrogen-bond acceptors (Lipinski definition) is 9. The second kappa shape index (κ2) is 9.72. The predicted octanol–water partition coefficient (Wildman–Crippen LogP) is 1.57. The number of benzene rings is 1. The molecule has 0 radical (unpaired) electrons. The van der Waals surface area contributed by atoms with Gasteiger partial charge in [0.1, 0.15) is 17.3 Å². The van der Waals surface area contributed by atoms with Gasteiger partial charge in [-0.15, -0.1) is 0 Å². The van der Waals surface area contributed by atoms with Gasteiger partial charge in [0.15, 0.2) is 17.2 Å². The SMILES string of the molecule is C=C1C(C(N)=O)=C(O)[C@@H](N(C)C)C2C[C@@H]3Cc4c(NC(=O)CNC(C)(C)C)c(F)cc(O)c4C(=O)C3=C(O)[C@]12O. The smallest absolute Gasteiger partial charge is 0.252 e. The molecule has 0 saturated heterocycles. The Labute approximate surface area is 230 Å². The average molecular weight is 559 g/mol. The van der Waals surface area contributed by atoms with Crippen molar-refractivity contribution >= 4 is 23.3 Å². The number of hydrogen-bond donors (Lipinski definition) is 7. The predicted molar refractivity (Wildman–Crippen MR) is 144 cm³/mol. The van der Waals surface area contributed by atoms with Crippen molar-refractivity contribution in [3.63, 3.8) is 0 Å². The number of phenolic OH excluding ortho intramolecular Hbond substituents is 1. The molecule has 12 heteroatoms. The topological polar surface area (TPSA) is 185 Å². The van der Waals surface area contributed by atoms with Crippen LogP contribution in [0, 0.1) is 17.7 Å². The molecular weight excluding hydrogens is 523 g/mol. The number of halogens is 1. The number of aliphatic hydroxyl groups is 3. The summed E-state index contributed by atoms with van der Waals surface area (Å²) < 4.78 is 15.1. The number of primary amides is 1. The highest BCUT2D eigenvalue weighted by atomic mass is 19.1. The highest BCUT2D eigenvalue weighted by Crippen LogP contribution is 2.55. The quantitative estimate of drug-likeness (QED) is 0.264. The van der Waals surface area contributed by atoms with Crippen molar-refractivity contribution in [3.05, 3.63) is 57.8 Å². The van der Waals surface area contributed by atoms with Gasteiger partial charge in [0.25, 0.3) is 5.91 Å². The number of nitrogens with one attached hydrogen (secondary N) is 2. The number of carbonyl (C=O) groups is 3. The lowest BCUT2D eigenvalue weighted by atomic mass is 9.57. The van der Waals surface area contributed by atoms with Gasteiger partial charge >= 0.3 is 0 Å². The number of amides is 2. The Bertz CT molecular complexity index is 1410. The van der Waals surface area contributed by atoms with Crippen molar-refractivity contribution in [1.29, 1.82) is 0 Å². The second-order valence-electron chi connectivity index (χ2n) is 11.9. The molecular formula is C28H35FN4O7. The van der Waals surface area contributed by atoms with Gasteiger partial charge in [-0.1, -0.05) is 6.58 Å². The van der Waals surface area contributed by atoms with E-state index in [9.17, 15) is 34.8 Å². The van der Waals surface area contributed by atoms with Crippen LogP contribution in [0.5, 0.6) is 5.75 Å². The minimum atomic E-state index is -2.34. The number of carbonyl (C=O) groups excluding carboxylic acids is 3. The molecule has 3 aliphatic carbocycles. The summed E-state index contributed by atoms with van der Waals surface area (Å²) in [4.78, 5) is 40.2. The Morgan fingerprint density at radius 3 is 2.42 bits per heavy atom. The summed E-state index contributed by atoms with van der Waals surface area (Å²) in [5.41, 5.74) is 1.17. The van der Waals surface area contributed by atoms with Crippen LogP contribution in [0.15, 0.2) is 40.9 Å². The molecule has 0 heterocycles. The minimum Gasteiger partial charge on any atom is -0.510 e. The number of fused-ring (bicyclic) bond motifs is 3. The van der Waals surface area contributed by atoms with Crippen LogP contribution in [0.4, 0.5) is 10.1 Å². The normalized spacial score (nSPS) is 26.4. The molecule has 0 saturated carbocycles. The summed E-state index contributed by atoms with van der Waals surface area (Å²) in [6.07, 6.45) is -0.0876. The number of Topliss-reactive ketones (excluding diaryl/α,β-unsaturated/α-hetero) is 1. The largest absolute Gasteiger partial charge is 0.510 e. The lowest BCUT2D eigenvalue weighted by molar-refractivity contribution is -0.116. The van der Waals surface area contributed by atoms with E-state index in [1.54, 1.807) is 14.1 Å². The lowest BCUT2D eigenvalue weighted by Crippen LogP contribution is -2.60. The Balaban J connectivity index is 1.85. The first-order valence-electron chi connectivity index (χ1n) is 12.8. The van der Waals surface area contributed by atoms with Gasteiger partial charge in [-0.2, -0.15) is 0 Å². The van der Waals surface area contributed by atoms with Gasteiger partial charge < -0.3 is 36.8 Å². The number of allylic oxidation sites excluding steroid dienone is 1. The number of likely N-dealkylation sites (N-methyl/N-ethyl adjacent to an activating group) is 1. The summed E-state index contributed by atoms with van der Waals surface area (Å²) in [5.74, 6) is -7.15. The zero-order valence-electron chi connectivity index (χ0n) is 23.1. The maximum atomic E-state index is 15.1. The van der Waals surface area contributed by atoms with Crippen molar-refractivity contribution in [2.75, 3.05) is 26.0 Å². The number of nitrogens with zero attached hydrogens (tertiary/aromatic N) is 1. The van der Waals surface area contributed by atoms with Crippen LogP contribution >= 0.6 is 0 Å². The number of rotatable bonds is 5. The summed E-state index contributed by atoms with van der Waals surface area (Å²) in [6, 6.07) is -0.295. The standard InChI is InChI=1S/C28H35FN4O7/c1-11-18(26(30)39)24(37)22(33(5)6)14-8-12-7-13-20(23(36)19(12)25(38)28(11,14)40)16(34)9-15(29)21(13)32-17(35)10-31-27(2,3)4/h9,12,14,22,31,34,37-38,40H,1,7-8,10H2,2-6H3,(H2,30,39)(H,32,35)/t12-,14?,22-,28-/m0/s1. The number of phenols is 1. The zero-order valence-corrected chi connectivity index (χ0v) is 23.1. The van der Waals surface area contributed by atoms with Crippen molar-refractivity contribution in [2.45, 2.75) is 50.8 Å². The van der Waals surface area contributed by atoms with Gasteiger partial charge in [0.2, 0.25) is 5.91 Å². The monoisotopic (exact) mass is 558 g/mol. The molecule has 1 unspecified atom stereocenters. The zero-order chi connectivity index (χ0) is 30.1. The first kappa shape index (κ1) is 29.2. The van der Waals surface area contributed by atoms with E-state index >= 15 is 4.39 Å². The summed E-state index contributed by atoms with van der Waals surface area (Å²) >= 11 is 0. The number of aliphatic hydroxyl groups excluding tert-OH is 2. The molecule has 0 spiro atoms. The van der Waals surface area contributed by atoms with Gasteiger partial charge in [-0.25, -0.2) is 4.39 Å². The minimum absolute atomic E-state index is 0.00468. The lowest BCUT2D eigenvalue weighted by Gasteiger charge is -2.52. The van der Waals surface area contributed by atoms with E-state index < -0.39 is 75.3 Å². The Kier molecular flexibility index (Phi) is 7.11. The van der Waals surface area contributed by atoms with Gasteiger partial charge in [-0.05, 0) is 59.2 Å². The number of nitrogens with two attached hydrogens (primary N) is 1. The Morgan fingerprint density at radius 1 is 1.25 bits per heavy atom. The molecule has 40 heavy (non-hydrogen) atoms. The molecule has 4 rings (SSSR count). The molecule has 0 aromatic heterocycles. The van der Waals surface area contributed by atoms with Crippen LogP contribution in [0.1, 0.15) is 43.1 Å². The third-order valence-electron chi connectivity index (χ3n) is 7.91. The number of aromatic hydroxyl groups is 1. The van der Waals surface area contributed by atoms with Gasteiger partial charge in [0, 0.05) is 28.7 Å². The van der Waals surface area contributed by atoms with E-state index in [0.29, 0.717) is 6.07 Å². The van der Waals surface area contributed by atoms with Crippen molar-refractivity contribution in [3.8, 4) is 5.75 Å². The average Bonchev–Trinajstić information content (AvgIpc) is 2.81. The maximum absolute atomic E-state index is 15.1.